The second kappa shape index (κ2) is 16.5. The van der Waals surface area contributed by atoms with Crippen molar-refractivity contribution in [2.75, 3.05) is 37.1 Å². The lowest BCUT2D eigenvalue weighted by molar-refractivity contribution is 0.184. The molecule has 8 aromatic rings. The van der Waals surface area contributed by atoms with E-state index in [1.807, 2.05) is 67.5 Å². The third-order valence-electron chi connectivity index (χ3n) is 10.6. The first kappa shape index (κ1) is 38.7. The molecule has 2 N–H and O–H groups in total. The number of aryl methyl sites for hydroxylation is 4. The molecule has 0 spiro atoms. The van der Waals surface area contributed by atoms with E-state index >= 15 is 0 Å². The summed E-state index contributed by atoms with van der Waals surface area (Å²) >= 11 is 0. The van der Waals surface area contributed by atoms with E-state index < -0.39 is 11.6 Å². The Balaban J connectivity index is 0.000000154. The van der Waals surface area contributed by atoms with Gasteiger partial charge in [0, 0.05) is 60.8 Å². The highest BCUT2D eigenvalue weighted by atomic mass is 19.1. The Labute approximate surface area is 344 Å². The zero-order valence-corrected chi connectivity index (χ0v) is 33.5. The SMILES string of the molecule is Cc1ccc(F)c(-c2cc(Nc3ccnc4cn([C@H]5CCOC5)nc34)c(C)cn2)n1.Cc1ccc(F)c(-c2cc(Nc3ccnc4cnn([C@H]5CCOC5)c34)c(C)cn2)n1. The highest BCUT2D eigenvalue weighted by Crippen LogP contribution is 2.33. The van der Waals surface area contributed by atoms with Crippen LogP contribution in [0.4, 0.5) is 31.5 Å². The van der Waals surface area contributed by atoms with Crippen molar-refractivity contribution in [3.63, 3.8) is 0 Å². The summed E-state index contributed by atoms with van der Waals surface area (Å²) in [5, 5.41) is 16.2. The molecule has 2 fully saturated rings. The van der Waals surface area contributed by atoms with E-state index in [1.165, 1.54) is 12.1 Å². The fourth-order valence-corrected chi connectivity index (χ4v) is 7.34. The minimum atomic E-state index is -0.397. The van der Waals surface area contributed by atoms with E-state index in [0.29, 0.717) is 24.6 Å². The molecule has 8 aromatic heterocycles. The van der Waals surface area contributed by atoms with Crippen molar-refractivity contribution >= 4 is 44.8 Å². The Morgan fingerprint density at radius 1 is 0.633 bits per heavy atom. The van der Waals surface area contributed by atoms with Gasteiger partial charge in [0.15, 0.2) is 11.6 Å². The molecular weight excluding hydrogens is 767 g/mol. The van der Waals surface area contributed by atoms with Gasteiger partial charge >= 0.3 is 0 Å². The highest BCUT2D eigenvalue weighted by Gasteiger charge is 2.23. The number of halogens is 2. The minimum absolute atomic E-state index is 0.187. The van der Waals surface area contributed by atoms with Crippen molar-refractivity contribution in [2.24, 2.45) is 0 Å². The van der Waals surface area contributed by atoms with Crippen LogP contribution in [-0.2, 0) is 9.47 Å². The smallest absolute Gasteiger partial charge is 0.151 e. The molecule has 14 nitrogen and oxygen atoms in total. The predicted octanol–water partition coefficient (Wildman–Crippen LogP) is 8.70. The van der Waals surface area contributed by atoms with Gasteiger partial charge in [0.2, 0.25) is 0 Å². The molecule has 0 bridgehead atoms. The number of pyridine rings is 6. The van der Waals surface area contributed by atoms with Crippen molar-refractivity contribution in [3.05, 3.63) is 120 Å². The Bertz CT molecular complexity index is 2840. The van der Waals surface area contributed by atoms with E-state index in [4.69, 9.17) is 14.6 Å². The summed E-state index contributed by atoms with van der Waals surface area (Å²) in [7, 11) is 0. The first-order valence-corrected chi connectivity index (χ1v) is 19.7. The molecule has 10 heterocycles. The molecule has 10 rings (SSSR count). The maximum atomic E-state index is 14.4. The molecular formula is C44H42F2N12O2. The van der Waals surface area contributed by atoms with Crippen LogP contribution in [0, 0.1) is 39.3 Å². The summed E-state index contributed by atoms with van der Waals surface area (Å²) < 4.78 is 43.6. The average Bonchev–Trinajstić information content (AvgIpc) is 4.09. The van der Waals surface area contributed by atoms with Gasteiger partial charge in [-0.2, -0.15) is 10.2 Å². The molecule has 2 aliphatic rings. The summed E-state index contributed by atoms with van der Waals surface area (Å²) in [5.41, 5.74) is 11.4. The molecule has 0 aliphatic carbocycles. The van der Waals surface area contributed by atoms with Crippen molar-refractivity contribution in [1.82, 2.24) is 49.5 Å². The normalized spacial score (nSPS) is 16.3. The van der Waals surface area contributed by atoms with Crippen LogP contribution < -0.4 is 10.6 Å². The Kier molecular flexibility index (Phi) is 10.6. The Morgan fingerprint density at radius 2 is 1.20 bits per heavy atom. The standard InChI is InChI=1S/2C22H21FN6O/c1-13-10-25-19(21-16(23)4-3-14(2)26-21)9-18(13)27-17-5-7-24-20-11-29(28-22(17)20)15-6-8-30-12-15;1-13-10-25-19(21-16(23)4-3-14(2)27-21)9-18(13)28-17-5-7-24-20-11-26-29(22(17)20)15-6-8-30-12-15/h3-5,7,9-11,15H,6,8,12H2,1-2H3,(H,25,27);3-5,7,9-11,15H,6,8,12H2,1-2H3,(H,24,25,28)/t2*15-/m00/s1. The second-order valence-corrected chi connectivity index (χ2v) is 15.0. The van der Waals surface area contributed by atoms with Crippen LogP contribution >= 0.6 is 0 Å². The fraction of sp³-hybridized carbons (Fsp3) is 0.273. The predicted molar refractivity (Wildman–Crippen MR) is 224 cm³/mol. The summed E-state index contributed by atoms with van der Waals surface area (Å²) in [5.74, 6) is -0.791. The van der Waals surface area contributed by atoms with E-state index in [0.717, 1.165) is 93.4 Å². The van der Waals surface area contributed by atoms with Gasteiger partial charge in [0.1, 0.15) is 33.5 Å². The Morgan fingerprint density at radius 3 is 1.80 bits per heavy atom. The molecule has 60 heavy (non-hydrogen) atoms. The molecule has 2 atom stereocenters. The van der Waals surface area contributed by atoms with Crippen molar-refractivity contribution in [2.45, 2.75) is 52.6 Å². The molecule has 2 aliphatic heterocycles. The Hall–Kier alpha value is -6.78. The number of nitrogens with zero attached hydrogens (tertiary/aromatic N) is 10. The maximum absolute atomic E-state index is 14.4. The first-order valence-electron chi connectivity index (χ1n) is 19.7. The molecule has 0 aromatic carbocycles. The van der Waals surface area contributed by atoms with Gasteiger partial charge < -0.3 is 20.1 Å². The second-order valence-electron chi connectivity index (χ2n) is 15.0. The summed E-state index contributed by atoms with van der Waals surface area (Å²) in [6, 6.07) is 14.0. The van der Waals surface area contributed by atoms with Crippen LogP contribution in [0.1, 0.15) is 47.4 Å². The molecule has 0 unspecified atom stereocenters. The zero-order valence-electron chi connectivity index (χ0n) is 33.5. The lowest BCUT2D eigenvalue weighted by Gasteiger charge is -2.15. The highest BCUT2D eigenvalue weighted by molar-refractivity contribution is 5.91. The van der Waals surface area contributed by atoms with Gasteiger partial charge in [-0.05, 0) is 100 Å². The molecule has 0 amide bonds. The summed E-state index contributed by atoms with van der Waals surface area (Å²) in [6.07, 6.45) is 12.5. The topological polar surface area (TPSA) is 156 Å². The summed E-state index contributed by atoms with van der Waals surface area (Å²) in [4.78, 5) is 26.3. The number of anilines is 4. The number of hydrogen-bond donors (Lipinski definition) is 2. The van der Waals surface area contributed by atoms with Gasteiger partial charge in [-0.1, -0.05) is 0 Å². The number of nitrogens with one attached hydrogen (secondary N) is 2. The molecule has 16 heteroatoms. The van der Waals surface area contributed by atoms with Gasteiger partial charge in [-0.25, -0.2) is 18.7 Å². The third-order valence-corrected chi connectivity index (χ3v) is 10.6. The van der Waals surface area contributed by atoms with Crippen molar-refractivity contribution in [1.29, 1.82) is 0 Å². The molecule has 0 radical (unpaired) electrons. The van der Waals surface area contributed by atoms with Gasteiger partial charge in [0.05, 0.1) is 60.5 Å². The molecule has 0 saturated carbocycles. The monoisotopic (exact) mass is 808 g/mol. The van der Waals surface area contributed by atoms with Crippen LogP contribution in [0.25, 0.3) is 44.8 Å². The van der Waals surface area contributed by atoms with Crippen LogP contribution in [-0.4, -0.2) is 75.9 Å². The number of hydrogen-bond acceptors (Lipinski definition) is 12. The lowest BCUT2D eigenvalue weighted by atomic mass is 10.1. The fourth-order valence-electron chi connectivity index (χ4n) is 7.34. The van der Waals surface area contributed by atoms with Crippen molar-refractivity contribution < 1.29 is 18.3 Å². The van der Waals surface area contributed by atoms with Crippen LogP contribution in [0.3, 0.4) is 0 Å². The minimum Gasteiger partial charge on any atom is -0.379 e. The quantitative estimate of drug-likeness (QED) is 0.151. The number of fused-ring (bicyclic) bond motifs is 2. The largest absolute Gasteiger partial charge is 0.379 e. The van der Waals surface area contributed by atoms with E-state index in [1.54, 1.807) is 43.1 Å². The molecule has 2 saturated heterocycles. The van der Waals surface area contributed by atoms with E-state index in [2.05, 4.69) is 45.6 Å². The van der Waals surface area contributed by atoms with Crippen LogP contribution in [0.15, 0.2) is 85.7 Å². The number of ether oxygens (including phenoxy) is 2. The number of rotatable bonds is 8. The number of aromatic nitrogens is 10. The third kappa shape index (κ3) is 7.86. The maximum Gasteiger partial charge on any atom is 0.151 e. The lowest BCUT2D eigenvalue weighted by Crippen LogP contribution is -2.11. The first-order chi connectivity index (χ1) is 29.2. The van der Waals surface area contributed by atoms with E-state index in [-0.39, 0.29) is 23.5 Å². The average molecular weight is 809 g/mol. The van der Waals surface area contributed by atoms with Crippen LogP contribution in [0.5, 0.6) is 0 Å². The van der Waals surface area contributed by atoms with Crippen molar-refractivity contribution in [3.8, 4) is 22.8 Å². The van der Waals surface area contributed by atoms with Gasteiger partial charge in [0.25, 0.3) is 0 Å². The van der Waals surface area contributed by atoms with Gasteiger partial charge in [-0.3, -0.25) is 29.3 Å². The van der Waals surface area contributed by atoms with E-state index in [9.17, 15) is 8.78 Å². The summed E-state index contributed by atoms with van der Waals surface area (Å²) in [6.45, 7) is 10.4. The molecule has 304 valence electrons. The van der Waals surface area contributed by atoms with Crippen LogP contribution in [0.2, 0.25) is 0 Å². The van der Waals surface area contributed by atoms with Gasteiger partial charge in [-0.15, -0.1) is 0 Å². The zero-order chi connectivity index (χ0) is 41.3.